The summed E-state index contributed by atoms with van der Waals surface area (Å²) < 4.78 is 28.8. The Morgan fingerprint density at radius 1 is 1.18 bits per heavy atom. The van der Waals surface area contributed by atoms with Gasteiger partial charge in [0.1, 0.15) is 0 Å². The van der Waals surface area contributed by atoms with Crippen molar-refractivity contribution in [1.29, 1.82) is 0 Å². The molecule has 1 amide bonds. The zero-order valence-electron chi connectivity index (χ0n) is 16.1. The molecule has 1 atom stereocenters. The van der Waals surface area contributed by atoms with Crippen LogP contribution in [-0.4, -0.2) is 32.3 Å². The van der Waals surface area contributed by atoms with E-state index >= 15 is 0 Å². The average Bonchev–Trinajstić information content (AvgIpc) is 3.14. The van der Waals surface area contributed by atoms with Gasteiger partial charge < -0.3 is 4.90 Å². The highest BCUT2D eigenvalue weighted by Gasteiger charge is 2.29. The van der Waals surface area contributed by atoms with Gasteiger partial charge >= 0.3 is 0 Å². The van der Waals surface area contributed by atoms with Crippen molar-refractivity contribution < 1.29 is 13.2 Å². The van der Waals surface area contributed by atoms with Gasteiger partial charge in [0.2, 0.25) is 15.9 Å². The zero-order chi connectivity index (χ0) is 20.3. The highest BCUT2D eigenvalue weighted by atomic mass is 79.9. The Kier molecular flexibility index (Phi) is 6.58. The molecule has 2 aromatic carbocycles. The second kappa shape index (κ2) is 8.76. The van der Waals surface area contributed by atoms with Crippen molar-refractivity contribution in [2.75, 3.05) is 13.1 Å². The Balaban J connectivity index is 1.62. The second-order valence-electron chi connectivity index (χ2n) is 7.21. The van der Waals surface area contributed by atoms with Crippen LogP contribution in [0.4, 0.5) is 0 Å². The molecular weight excluding hydrogens is 440 g/mol. The average molecular weight is 465 g/mol. The monoisotopic (exact) mass is 464 g/mol. The Morgan fingerprint density at radius 3 is 2.61 bits per heavy atom. The quantitative estimate of drug-likeness (QED) is 0.699. The summed E-state index contributed by atoms with van der Waals surface area (Å²) in [6, 6.07) is 13.4. The minimum Gasteiger partial charge on any atom is -0.336 e. The number of hydrogen-bond donors (Lipinski definition) is 1. The lowest BCUT2D eigenvalue weighted by Gasteiger charge is -2.25. The number of halogens is 1. The highest BCUT2D eigenvalue weighted by molar-refractivity contribution is 9.10. The van der Waals surface area contributed by atoms with Crippen LogP contribution in [0.1, 0.15) is 42.0 Å². The van der Waals surface area contributed by atoms with Crippen LogP contribution in [0.3, 0.4) is 0 Å². The van der Waals surface area contributed by atoms with Crippen LogP contribution in [0.2, 0.25) is 0 Å². The van der Waals surface area contributed by atoms with Gasteiger partial charge in [-0.15, -0.1) is 0 Å². The van der Waals surface area contributed by atoms with Crippen molar-refractivity contribution in [2.45, 2.75) is 44.0 Å². The smallest absolute Gasteiger partial charge is 0.240 e. The predicted octanol–water partition coefficient (Wildman–Crippen LogP) is 4.10. The molecule has 2 aromatic rings. The lowest BCUT2D eigenvalue weighted by atomic mass is 10.0. The van der Waals surface area contributed by atoms with Crippen LogP contribution in [0.15, 0.2) is 51.8 Å². The first kappa shape index (κ1) is 21.0. The predicted molar refractivity (Wildman–Crippen MR) is 114 cm³/mol. The molecule has 0 saturated carbocycles. The number of likely N-dealkylation sites (tertiary alicyclic amines) is 1. The second-order valence-corrected chi connectivity index (χ2v) is 9.86. The first-order valence-electron chi connectivity index (χ1n) is 9.40. The van der Waals surface area contributed by atoms with Crippen molar-refractivity contribution in [3.63, 3.8) is 0 Å². The van der Waals surface area contributed by atoms with Crippen LogP contribution >= 0.6 is 15.9 Å². The zero-order valence-corrected chi connectivity index (χ0v) is 18.5. The molecule has 7 heteroatoms. The molecule has 1 saturated heterocycles. The van der Waals surface area contributed by atoms with E-state index in [0.29, 0.717) is 12.1 Å². The fraction of sp³-hybridized carbons (Fsp3) is 0.381. The maximum atomic E-state index is 12.7. The Bertz CT molecular complexity index is 958. The van der Waals surface area contributed by atoms with Gasteiger partial charge in [0.25, 0.3) is 0 Å². The number of hydrogen-bond acceptors (Lipinski definition) is 3. The number of sulfonamides is 1. The van der Waals surface area contributed by atoms with E-state index in [-0.39, 0.29) is 29.8 Å². The van der Waals surface area contributed by atoms with E-state index in [0.717, 1.165) is 28.4 Å². The summed E-state index contributed by atoms with van der Waals surface area (Å²) in [5.74, 6) is -0.0194. The number of benzene rings is 2. The standard InChI is InChI=1S/C21H25BrN2O3S/c1-15-5-6-16(2)20(14-15)28(26,27)23-12-11-21(25)24-13-3-4-19(24)17-7-9-18(22)10-8-17/h5-10,14,19,23H,3-4,11-13H2,1-2H3. The Hall–Kier alpha value is -1.70. The van der Waals surface area contributed by atoms with E-state index in [1.54, 1.807) is 19.1 Å². The van der Waals surface area contributed by atoms with Gasteiger partial charge in [-0.1, -0.05) is 40.2 Å². The van der Waals surface area contributed by atoms with E-state index < -0.39 is 10.0 Å². The number of aryl methyl sites for hydroxylation is 2. The molecule has 5 nitrogen and oxygen atoms in total. The van der Waals surface area contributed by atoms with Gasteiger partial charge in [-0.25, -0.2) is 13.1 Å². The van der Waals surface area contributed by atoms with Gasteiger partial charge in [0, 0.05) is 24.0 Å². The SMILES string of the molecule is Cc1ccc(C)c(S(=O)(=O)NCCC(=O)N2CCCC2c2ccc(Br)cc2)c1. The van der Waals surface area contributed by atoms with Crippen LogP contribution < -0.4 is 4.72 Å². The molecule has 0 aliphatic carbocycles. The molecule has 1 aliphatic heterocycles. The number of carbonyl (C=O) groups is 1. The maximum Gasteiger partial charge on any atom is 0.240 e. The van der Waals surface area contributed by atoms with Crippen LogP contribution in [0, 0.1) is 13.8 Å². The van der Waals surface area contributed by atoms with Crippen molar-refractivity contribution in [3.05, 3.63) is 63.6 Å². The van der Waals surface area contributed by atoms with Crippen molar-refractivity contribution >= 4 is 31.9 Å². The fourth-order valence-electron chi connectivity index (χ4n) is 3.61. The molecule has 0 bridgehead atoms. The number of amides is 1. The maximum absolute atomic E-state index is 12.7. The number of nitrogens with zero attached hydrogens (tertiary/aromatic N) is 1. The molecule has 0 spiro atoms. The van der Waals surface area contributed by atoms with E-state index in [9.17, 15) is 13.2 Å². The summed E-state index contributed by atoms with van der Waals surface area (Å²) in [6.07, 6.45) is 2.04. The summed E-state index contributed by atoms with van der Waals surface area (Å²) in [6.45, 7) is 4.44. The van der Waals surface area contributed by atoms with Crippen LogP contribution in [0.5, 0.6) is 0 Å². The summed E-state index contributed by atoms with van der Waals surface area (Å²) in [4.78, 5) is 14.9. The summed E-state index contributed by atoms with van der Waals surface area (Å²) in [5.41, 5.74) is 2.70. The molecule has 0 aromatic heterocycles. The van der Waals surface area contributed by atoms with E-state index in [4.69, 9.17) is 0 Å². The van der Waals surface area contributed by atoms with Gasteiger partial charge in [0.05, 0.1) is 10.9 Å². The first-order valence-corrected chi connectivity index (χ1v) is 11.7. The largest absolute Gasteiger partial charge is 0.336 e. The molecule has 3 rings (SSSR count). The number of nitrogens with one attached hydrogen (secondary N) is 1. The van der Waals surface area contributed by atoms with Crippen LogP contribution in [-0.2, 0) is 14.8 Å². The normalized spacial score (nSPS) is 17.1. The third-order valence-corrected chi connectivity index (χ3v) is 7.22. The van der Waals surface area contributed by atoms with Gasteiger partial charge in [-0.05, 0) is 61.6 Å². The molecule has 150 valence electrons. The molecular formula is C21H25BrN2O3S. The molecule has 1 aliphatic rings. The Labute approximate surface area is 175 Å². The topological polar surface area (TPSA) is 66.5 Å². The minimum atomic E-state index is -3.63. The first-order chi connectivity index (χ1) is 13.3. The number of carbonyl (C=O) groups excluding carboxylic acids is 1. The van der Waals surface area contributed by atoms with Crippen LogP contribution in [0.25, 0.3) is 0 Å². The molecule has 1 N–H and O–H groups in total. The number of rotatable bonds is 6. The van der Waals surface area contributed by atoms with E-state index in [2.05, 4.69) is 20.7 Å². The molecule has 0 radical (unpaired) electrons. The Morgan fingerprint density at radius 2 is 1.89 bits per heavy atom. The molecule has 1 fully saturated rings. The van der Waals surface area contributed by atoms with Gasteiger partial charge in [-0.2, -0.15) is 0 Å². The summed E-state index contributed by atoms with van der Waals surface area (Å²) in [5, 5.41) is 0. The highest BCUT2D eigenvalue weighted by Crippen LogP contribution is 2.32. The van der Waals surface area contributed by atoms with E-state index in [1.807, 2.05) is 42.2 Å². The fourth-order valence-corrected chi connectivity index (χ4v) is 5.23. The van der Waals surface area contributed by atoms with Crippen molar-refractivity contribution in [1.82, 2.24) is 9.62 Å². The third-order valence-electron chi connectivity index (χ3n) is 5.09. The third kappa shape index (κ3) is 4.82. The molecule has 28 heavy (non-hydrogen) atoms. The van der Waals surface area contributed by atoms with Gasteiger partial charge in [-0.3, -0.25) is 4.79 Å². The lowest BCUT2D eigenvalue weighted by molar-refractivity contribution is -0.131. The summed E-state index contributed by atoms with van der Waals surface area (Å²) in [7, 11) is -3.63. The van der Waals surface area contributed by atoms with Crippen molar-refractivity contribution in [3.8, 4) is 0 Å². The molecule has 1 heterocycles. The summed E-state index contributed by atoms with van der Waals surface area (Å²) >= 11 is 3.43. The lowest BCUT2D eigenvalue weighted by Crippen LogP contribution is -2.34. The van der Waals surface area contributed by atoms with Crippen molar-refractivity contribution in [2.24, 2.45) is 0 Å². The molecule has 1 unspecified atom stereocenters. The minimum absolute atomic E-state index is 0.0194. The van der Waals surface area contributed by atoms with E-state index in [1.165, 1.54) is 0 Å². The van der Waals surface area contributed by atoms with Gasteiger partial charge in [0.15, 0.2) is 0 Å².